The molecule has 0 aliphatic heterocycles. The van der Waals surface area contributed by atoms with Gasteiger partial charge in [-0.3, -0.25) is 19.5 Å². The van der Waals surface area contributed by atoms with Crippen molar-refractivity contribution in [1.82, 2.24) is 29.5 Å². The van der Waals surface area contributed by atoms with Gasteiger partial charge in [-0.2, -0.15) is 0 Å². The number of aromatic nitrogens is 6. The number of imidazole rings is 1. The third-order valence-corrected chi connectivity index (χ3v) is 4.92. The average Bonchev–Trinajstić information content (AvgIpc) is 3.08. The Morgan fingerprint density at radius 3 is 2.71 bits per heavy atom. The summed E-state index contributed by atoms with van der Waals surface area (Å²) in [5, 5.41) is 0.991. The molecular formula is C21H16N6O. The fourth-order valence-corrected chi connectivity index (χ4v) is 3.50. The number of benzene rings is 1. The minimum atomic E-state index is -0.240. The van der Waals surface area contributed by atoms with Crippen molar-refractivity contribution in [1.29, 1.82) is 0 Å². The molecular weight excluding hydrogens is 352 g/mol. The number of fused-ring (bicyclic) bond motifs is 2. The molecule has 28 heavy (non-hydrogen) atoms. The summed E-state index contributed by atoms with van der Waals surface area (Å²) < 4.78 is 1.63. The summed E-state index contributed by atoms with van der Waals surface area (Å²) in [5.74, 6) is 0. The topological polar surface area (TPSA) is 89.4 Å². The van der Waals surface area contributed by atoms with Crippen LogP contribution in [0, 0.1) is 0 Å². The number of pyridine rings is 2. The molecule has 7 heteroatoms. The van der Waals surface area contributed by atoms with Gasteiger partial charge >= 0.3 is 5.69 Å². The Labute approximate surface area is 159 Å². The van der Waals surface area contributed by atoms with Crippen LogP contribution in [0.2, 0.25) is 0 Å². The van der Waals surface area contributed by atoms with Crippen LogP contribution in [0.15, 0.2) is 72.0 Å². The van der Waals surface area contributed by atoms with Crippen molar-refractivity contribution in [3.05, 3.63) is 83.3 Å². The van der Waals surface area contributed by atoms with Gasteiger partial charge in [0, 0.05) is 29.5 Å². The van der Waals surface area contributed by atoms with E-state index in [-0.39, 0.29) is 11.7 Å². The smallest absolute Gasteiger partial charge is 0.289 e. The maximum atomic E-state index is 12.6. The summed E-state index contributed by atoms with van der Waals surface area (Å²) in [6, 6.07) is 13.4. The molecule has 0 bridgehead atoms. The Morgan fingerprint density at radius 1 is 1.00 bits per heavy atom. The molecule has 0 spiro atoms. The number of aromatic amines is 1. The minimum Gasteiger partial charge on any atom is -0.289 e. The molecule has 0 amide bonds. The highest BCUT2D eigenvalue weighted by molar-refractivity contribution is 5.93. The van der Waals surface area contributed by atoms with Gasteiger partial charge in [-0.05, 0) is 36.8 Å². The summed E-state index contributed by atoms with van der Waals surface area (Å²) in [6.07, 6.45) is 6.88. The molecule has 1 N–H and O–H groups in total. The highest BCUT2D eigenvalue weighted by Gasteiger charge is 2.18. The molecule has 7 nitrogen and oxygen atoms in total. The summed E-state index contributed by atoms with van der Waals surface area (Å²) in [7, 11) is 0. The first kappa shape index (κ1) is 16.3. The van der Waals surface area contributed by atoms with Crippen LogP contribution in [-0.4, -0.2) is 29.5 Å². The van der Waals surface area contributed by atoms with Gasteiger partial charge in [-0.1, -0.05) is 18.2 Å². The molecule has 1 unspecified atom stereocenters. The Kier molecular flexibility index (Phi) is 3.72. The average molecular weight is 368 g/mol. The van der Waals surface area contributed by atoms with Crippen LogP contribution < -0.4 is 5.69 Å². The van der Waals surface area contributed by atoms with E-state index in [0.29, 0.717) is 17.0 Å². The molecule has 0 fully saturated rings. The second kappa shape index (κ2) is 6.38. The van der Waals surface area contributed by atoms with Gasteiger partial charge in [0.2, 0.25) is 0 Å². The first-order valence-electron chi connectivity index (χ1n) is 8.93. The van der Waals surface area contributed by atoms with Crippen molar-refractivity contribution in [3.8, 4) is 11.3 Å². The van der Waals surface area contributed by atoms with Crippen molar-refractivity contribution < 1.29 is 0 Å². The second-order valence-corrected chi connectivity index (χ2v) is 6.56. The number of rotatable bonds is 3. The number of hydrogen-bond donors (Lipinski definition) is 1. The maximum absolute atomic E-state index is 12.6. The standard InChI is InChI=1S/C21H16N6O/c1-13(14-7-10-22-11-8-14)27-20-19(26-21(27)28)24-12-18(25-20)16-4-2-6-17-15(16)5-3-9-23-17/h2-13H,1H3,(H,24,26,28). The number of H-pyrrole nitrogens is 1. The third kappa shape index (κ3) is 2.56. The van der Waals surface area contributed by atoms with Gasteiger partial charge in [0.1, 0.15) is 0 Å². The summed E-state index contributed by atoms with van der Waals surface area (Å²) in [4.78, 5) is 33.1. The molecule has 5 rings (SSSR count). The lowest BCUT2D eigenvalue weighted by atomic mass is 10.1. The molecule has 0 radical (unpaired) electrons. The molecule has 0 aliphatic carbocycles. The van der Waals surface area contributed by atoms with E-state index < -0.39 is 0 Å². The molecule has 5 aromatic rings. The van der Waals surface area contributed by atoms with Crippen molar-refractivity contribution in [2.75, 3.05) is 0 Å². The van der Waals surface area contributed by atoms with Gasteiger partial charge < -0.3 is 0 Å². The van der Waals surface area contributed by atoms with Gasteiger partial charge in [-0.25, -0.2) is 14.8 Å². The highest BCUT2D eigenvalue weighted by atomic mass is 16.1. The molecule has 1 atom stereocenters. The van der Waals surface area contributed by atoms with Gasteiger partial charge in [-0.15, -0.1) is 0 Å². The normalized spacial score (nSPS) is 12.5. The lowest BCUT2D eigenvalue weighted by Crippen LogP contribution is -2.21. The summed E-state index contributed by atoms with van der Waals surface area (Å²) in [6.45, 7) is 1.96. The first-order chi connectivity index (χ1) is 13.7. The fourth-order valence-electron chi connectivity index (χ4n) is 3.50. The molecule has 0 saturated carbocycles. The van der Waals surface area contributed by atoms with Crippen molar-refractivity contribution in [3.63, 3.8) is 0 Å². The zero-order valence-corrected chi connectivity index (χ0v) is 15.1. The second-order valence-electron chi connectivity index (χ2n) is 6.56. The summed E-state index contributed by atoms with van der Waals surface area (Å²) in [5.41, 5.74) is 4.23. The van der Waals surface area contributed by atoms with E-state index in [1.54, 1.807) is 29.4 Å². The van der Waals surface area contributed by atoms with Gasteiger partial charge in [0.05, 0.1) is 23.4 Å². The van der Waals surface area contributed by atoms with Gasteiger partial charge in [0.25, 0.3) is 0 Å². The molecule has 4 aromatic heterocycles. The lowest BCUT2D eigenvalue weighted by Gasteiger charge is -2.13. The van der Waals surface area contributed by atoms with E-state index in [2.05, 4.69) is 19.9 Å². The van der Waals surface area contributed by atoms with Crippen LogP contribution >= 0.6 is 0 Å². The quantitative estimate of drug-likeness (QED) is 0.527. The van der Waals surface area contributed by atoms with Crippen LogP contribution in [0.4, 0.5) is 0 Å². The zero-order chi connectivity index (χ0) is 19.1. The van der Waals surface area contributed by atoms with Crippen LogP contribution in [-0.2, 0) is 0 Å². The molecule has 1 aromatic carbocycles. The third-order valence-electron chi connectivity index (χ3n) is 4.92. The van der Waals surface area contributed by atoms with Crippen LogP contribution in [0.25, 0.3) is 33.5 Å². The van der Waals surface area contributed by atoms with Gasteiger partial charge in [0.15, 0.2) is 11.3 Å². The fraction of sp³-hybridized carbons (Fsp3) is 0.0952. The van der Waals surface area contributed by atoms with E-state index in [4.69, 9.17) is 4.98 Å². The van der Waals surface area contributed by atoms with E-state index in [1.165, 1.54) is 0 Å². The zero-order valence-electron chi connectivity index (χ0n) is 15.1. The lowest BCUT2D eigenvalue weighted by molar-refractivity contribution is 0.630. The predicted octanol–water partition coefficient (Wildman–Crippen LogP) is 3.34. The number of nitrogens with zero attached hydrogens (tertiary/aromatic N) is 5. The number of nitrogens with one attached hydrogen (secondary N) is 1. The van der Waals surface area contributed by atoms with Crippen LogP contribution in [0.1, 0.15) is 18.5 Å². The SMILES string of the molecule is CC(c1ccncc1)n1c(=O)[nH]c2ncc(-c3cccc4ncccc34)nc21. The van der Waals surface area contributed by atoms with E-state index in [1.807, 2.05) is 49.4 Å². The maximum Gasteiger partial charge on any atom is 0.329 e. The Hall–Kier alpha value is -3.87. The number of hydrogen-bond acceptors (Lipinski definition) is 5. The Balaban J connectivity index is 1.72. The predicted molar refractivity (Wildman–Crippen MR) is 107 cm³/mol. The highest BCUT2D eigenvalue weighted by Crippen LogP contribution is 2.27. The van der Waals surface area contributed by atoms with Crippen LogP contribution in [0.3, 0.4) is 0 Å². The van der Waals surface area contributed by atoms with E-state index in [0.717, 1.165) is 22.0 Å². The van der Waals surface area contributed by atoms with E-state index >= 15 is 0 Å². The first-order valence-corrected chi connectivity index (χ1v) is 8.93. The molecule has 0 saturated heterocycles. The molecule has 136 valence electrons. The van der Waals surface area contributed by atoms with E-state index in [9.17, 15) is 4.79 Å². The largest absolute Gasteiger partial charge is 0.329 e. The Bertz CT molecular complexity index is 1350. The van der Waals surface area contributed by atoms with Crippen molar-refractivity contribution in [2.45, 2.75) is 13.0 Å². The monoisotopic (exact) mass is 368 g/mol. The minimum absolute atomic E-state index is 0.206. The van der Waals surface area contributed by atoms with Crippen molar-refractivity contribution >= 4 is 22.2 Å². The molecule has 0 aliphatic rings. The van der Waals surface area contributed by atoms with Crippen molar-refractivity contribution in [2.24, 2.45) is 0 Å². The van der Waals surface area contributed by atoms with Crippen LogP contribution in [0.5, 0.6) is 0 Å². The molecule has 4 heterocycles. The Morgan fingerprint density at radius 2 is 1.86 bits per heavy atom. The summed E-state index contributed by atoms with van der Waals surface area (Å²) >= 11 is 0.